The fourth-order valence-corrected chi connectivity index (χ4v) is 3.17. The minimum absolute atomic E-state index is 0.266. The van der Waals surface area contributed by atoms with Crippen molar-refractivity contribution >= 4 is 17.7 Å². The summed E-state index contributed by atoms with van der Waals surface area (Å²) in [7, 11) is 0. The van der Waals surface area contributed by atoms with Gasteiger partial charge in [-0.25, -0.2) is 23.5 Å². The number of rotatable bonds is 5. The van der Waals surface area contributed by atoms with Gasteiger partial charge in [-0.15, -0.1) is 0 Å². The third kappa shape index (κ3) is 5.77. The van der Waals surface area contributed by atoms with E-state index in [1.165, 1.54) is 0 Å². The molecule has 2 aromatic rings. The van der Waals surface area contributed by atoms with Gasteiger partial charge in [-0.2, -0.15) is 13.2 Å². The van der Waals surface area contributed by atoms with E-state index in [2.05, 4.69) is 20.6 Å². The van der Waals surface area contributed by atoms with E-state index in [0.717, 1.165) is 44.2 Å². The number of nitrogens with one attached hydrogen (secondary N) is 2. The number of hydrogen-bond acceptors (Lipinski definition) is 5. The van der Waals surface area contributed by atoms with Crippen LogP contribution in [0.25, 0.3) is 0 Å². The summed E-state index contributed by atoms with van der Waals surface area (Å²) in [6.07, 6.45) is -0.211. The molecule has 1 aliphatic carbocycles. The Kier molecular flexibility index (Phi) is 6.68. The Labute approximate surface area is 168 Å². The monoisotopic (exact) mass is 430 g/mol. The van der Waals surface area contributed by atoms with Crippen LogP contribution in [0.3, 0.4) is 0 Å². The van der Waals surface area contributed by atoms with Crippen LogP contribution in [-0.2, 0) is 6.18 Å². The Balaban J connectivity index is 1.71. The summed E-state index contributed by atoms with van der Waals surface area (Å²) >= 11 is 0. The molecular weight excluding hydrogens is 411 g/mol. The van der Waals surface area contributed by atoms with Gasteiger partial charge < -0.3 is 15.4 Å². The molecule has 0 atom stereocenters. The van der Waals surface area contributed by atoms with Gasteiger partial charge in [-0.3, -0.25) is 0 Å². The van der Waals surface area contributed by atoms with E-state index in [9.17, 15) is 26.7 Å². The third-order valence-corrected chi connectivity index (χ3v) is 4.66. The second-order valence-electron chi connectivity index (χ2n) is 6.93. The van der Waals surface area contributed by atoms with Crippen molar-refractivity contribution < 1.29 is 31.5 Å². The first-order chi connectivity index (χ1) is 14.2. The maximum Gasteiger partial charge on any atom is 0.437 e. The molecule has 11 heteroatoms. The van der Waals surface area contributed by atoms with E-state index >= 15 is 0 Å². The summed E-state index contributed by atoms with van der Waals surface area (Å²) in [6, 6.07) is 2.47. The van der Waals surface area contributed by atoms with Crippen LogP contribution in [0.2, 0.25) is 0 Å². The van der Waals surface area contributed by atoms with Crippen molar-refractivity contribution in [3.05, 3.63) is 41.7 Å². The largest absolute Gasteiger partial charge is 0.437 e. The summed E-state index contributed by atoms with van der Waals surface area (Å²) in [4.78, 5) is 18.9. The predicted octanol–water partition coefficient (Wildman–Crippen LogP) is 5.19. The van der Waals surface area contributed by atoms with E-state index in [1.54, 1.807) is 0 Å². The Morgan fingerprint density at radius 1 is 1.17 bits per heavy atom. The van der Waals surface area contributed by atoms with Crippen LogP contribution < -0.4 is 15.4 Å². The SMILES string of the molecule is O=C(NCC1CCCCC1)Oc1cnc(Nc2ccc(F)cc2F)nc1C(F)(F)F. The average Bonchev–Trinajstić information content (AvgIpc) is 2.69. The van der Waals surface area contributed by atoms with E-state index in [4.69, 9.17) is 4.74 Å². The molecule has 0 spiro atoms. The van der Waals surface area contributed by atoms with Crippen LogP contribution in [0.4, 0.5) is 38.4 Å². The molecule has 1 aromatic carbocycles. The third-order valence-electron chi connectivity index (χ3n) is 4.66. The van der Waals surface area contributed by atoms with Crippen molar-refractivity contribution in [1.29, 1.82) is 0 Å². The van der Waals surface area contributed by atoms with Crippen molar-refractivity contribution in [2.75, 3.05) is 11.9 Å². The molecule has 0 aliphatic heterocycles. The highest BCUT2D eigenvalue weighted by Gasteiger charge is 2.38. The minimum Gasteiger partial charge on any atom is -0.406 e. The van der Waals surface area contributed by atoms with Gasteiger partial charge in [0, 0.05) is 12.6 Å². The van der Waals surface area contributed by atoms with Crippen LogP contribution in [0.15, 0.2) is 24.4 Å². The molecule has 30 heavy (non-hydrogen) atoms. The molecule has 1 amide bonds. The highest BCUT2D eigenvalue weighted by molar-refractivity contribution is 5.70. The molecule has 0 radical (unpaired) electrons. The lowest BCUT2D eigenvalue weighted by atomic mass is 9.89. The fourth-order valence-electron chi connectivity index (χ4n) is 3.17. The number of alkyl halides is 3. The fraction of sp³-hybridized carbons (Fsp3) is 0.421. The number of amides is 1. The topological polar surface area (TPSA) is 76.1 Å². The Hall–Kier alpha value is -2.98. The Morgan fingerprint density at radius 3 is 2.57 bits per heavy atom. The maximum atomic E-state index is 13.7. The van der Waals surface area contributed by atoms with E-state index in [-0.39, 0.29) is 11.6 Å². The van der Waals surface area contributed by atoms with Crippen molar-refractivity contribution in [3.63, 3.8) is 0 Å². The lowest BCUT2D eigenvalue weighted by Crippen LogP contribution is -2.33. The molecule has 1 fully saturated rings. The summed E-state index contributed by atoms with van der Waals surface area (Å²) < 4.78 is 71.5. The number of halogens is 5. The van der Waals surface area contributed by atoms with Gasteiger partial charge in [0.05, 0.1) is 11.9 Å². The molecule has 2 N–H and O–H groups in total. The van der Waals surface area contributed by atoms with Gasteiger partial charge in [0.1, 0.15) is 11.6 Å². The first-order valence-corrected chi connectivity index (χ1v) is 9.34. The van der Waals surface area contributed by atoms with Gasteiger partial charge in [-0.1, -0.05) is 19.3 Å². The Morgan fingerprint density at radius 2 is 1.90 bits per heavy atom. The lowest BCUT2D eigenvalue weighted by Gasteiger charge is -2.21. The number of benzene rings is 1. The van der Waals surface area contributed by atoms with Gasteiger partial charge in [-0.05, 0) is 30.9 Å². The predicted molar refractivity (Wildman–Crippen MR) is 97.3 cm³/mol. The number of aromatic nitrogens is 2. The first kappa shape index (κ1) is 21.7. The number of nitrogens with zero attached hydrogens (tertiary/aromatic N) is 2. The Bertz CT molecular complexity index is 901. The van der Waals surface area contributed by atoms with Crippen molar-refractivity contribution in [2.45, 2.75) is 38.3 Å². The summed E-state index contributed by atoms with van der Waals surface area (Å²) in [5, 5.41) is 4.70. The molecule has 1 aromatic heterocycles. The number of anilines is 2. The maximum absolute atomic E-state index is 13.7. The minimum atomic E-state index is -4.96. The van der Waals surface area contributed by atoms with Crippen LogP contribution >= 0.6 is 0 Å². The molecule has 0 bridgehead atoms. The second kappa shape index (κ2) is 9.23. The molecule has 1 aliphatic rings. The highest BCUT2D eigenvalue weighted by atomic mass is 19.4. The molecule has 0 saturated heterocycles. The molecule has 1 heterocycles. The standard InChI is InChI=1S/C19H19F5N4O2/c20-12-6-7-14(13(21)8-12)27-17-25-10-15(16(28-17)19(22,23)24)30-18(29)26-9-11-4-2-1-3-5-11/h6-8,10-11H,1-5,9H2,(H,26,29)(H,25,27,28). The van der Waals surface area contributed by atoms with E-state index < -0.39 is 41.3 Å². The van der Waals surface area contributed by atoms with Crippen molar-refractivity contribution in [2.24, 2.45) is 5.92 Å². The summed E-state index contributed by atoms with van der Waals surface area (Å²) in [6.45, 7) is 0.310. The second-order valence-corrected chi connectivity index (χ2v) is 6.93. The number of carbonyl (C=O) groups is 1. The quantitative estimate of drug-likeness (QED) is 0.639. The first-order valence-electron chi connectivity index (χ1n) is 9.34. The lowest BCUT2D eigenvalue weighted by molar-refractivity contribution is -0.142. The number of carbonyl (C=O) groups excluding carboxylic acids is 1. The van der Waals surface area contributed by atoms with Crippen LogP contribution in [-0.4, -0.2) is 22.6 Å². The molecule has 1 saturated carbocycles. The zero-order valence-electron chi connectivity index (χ0n) is 15.7. The van der Waals surface area contributed by atoms with Gasteiger partial charge in [0.2, 0.25) is 5.95 Å². The normalized spacial score (nSPS) is 15.0. The number of hydrogen-bond donors (Lipinski definition) is 2. The van der Waals surface area contributed by atoms with Gasteiger partial charge in [0.15, 0.2) is 11.4 Å². The molecule has 162 valence electrons. The zero-order valence-corrected chi connectivity index (χ0v) is 15.7. The van der Waals surface area contributed by atoms with E-state index in [1.807, 2.05) is 0 Å². The van der Waals surface area contributed by atoms with Crippen LogP contribution in [0.5, 0.6) is 5.75 Å². The van der Waals surface area contributed by atoms with Gasteiger partial charge in [0.25, 0.3) is 0 Å². The molecular formula is C19H19F5N4O2. The average molecular weight is 430 g/mol. The van der Waals surface area contributed by atoms with Crippen LogP contribution in [0, 0.1) is 17.6 Å². The summed E-state index contributed by atoms with van der Waals surface area (Å²) in [5.41, 5.74) is -1.82. The van der Waals surface area contributed by atoms with E-state index in [0.29, 0.717) is 18.8 Å². The molecule has 6 nitrogen and oxygen atoms in total. The highest BCUT2D eigenvalue weighted by Crippen LogP contribution is 2.35. The summed E-state index contributed by atoms with van der Waals surface area (Å²) in [5.74, 6) is -3.09. The zero-order chi connectivity index (χ0) is 21.7. The van der Waals surface area contributed by atoms with Crippen molar-refractivity contribution in [1.82, 2.24) is 15.3 Å². The molecule has 3 rings (SSSR count). The van der Waals surface area contributed by atoms with Crippen molar-refractivity contribution in [3.8, 4) is 5.75 Å². The van der Waals surface area contributed by atoms with Crippen LogP contribution in [0.1, 0.15) is 37.8 Å². The smallest absolute Gasteiger partial charge is 0.406 e. The number of ether oxygens (including phenoxy) is 1. The van der Waals surface area contributed by atoms with Gasteiger partial charge >= 0.3 is 12.3 Å². The molecule has 0 unspecified atom stereocenters.